The highest BCUT2D eigenvalue weighted by Crippen LogP contribution is 2.20. The topological polar surface area (TPSA) is 74.4 Å². The van der Waals surface area contributed by atoms with Gasteiger partial charge in [0.25, 0.3) is 11.5 Å². The van der Waals surface area contributed by atoms with E-state index in [1.807, 2.05) is 20.8 Å². The minimum absolute atomic E-state index is 0.0546. The van der Waals surface area contributed by atoms with Gasteiger partial charge in [0.05, 0.1) is 25.3 Å². The van der Waals surface area contributed by atoms with Crippen LogP contribution in [0.3, 0.4) is 0 Å². The minimum atomic E-state index is -0.320. The Hall–Kier alpha value is -1.66. The minimum Gasteiger partial charge on any atom is -0.378 e. The van der Waals surface area contributed by atoms with E-state index in [1.165, 1.54) is 12.8 Å². The second-order valence-electron chi connectivity index (χ2n) is 6.63. The van der Waals surface area contributed by atoms with Crippen molar-refractivity contribution in [3.63, 3.8) is 0 Å². The van der Waals surface area contributed by atoms with Crippen LogP contribution in [0.5, 0.6) is 0 Å². The molecule has 0 spiro atoms. The van der Waals surface area contributed by atoms with E-state index in [0.29, 0.717) is 13.2 Å². The van der Waals surface area contributed by atoms with Gasteiger partial charge in [-0.3, -0.25) is 14.5 Å². The van der Waals surface area contributed by atoms with Crippen molar-refractivity contribution in [2.75, 3.05) is 26.3 Å². The first kappa shape index (κ1) is 16.2. The highest BCUT2D eigenvalue weighted by molar-refractivity contribution is 5.95. The molecule has 2 atom stereocenters. The molecular formula is C17H25N3O3. The van der Waals surface area contributed by atoms with Crippen molar-refractivity contribution in [2.24, 2.45) is 0 Å². The number of pyridine rings is 1. The van der Waals surface area contributed by atoms with Crippen LogP contribution in [0.1, 0.15) is 40.0 Å². The van der Waals surface area contributed by atoms with Crippen LogP contribution in [0.15, 0.2) is 4.79 Å². The van der Waals surface area contributed by atoms with Gasteiger partial charge in [-0.2, -0.15) is 0 Å². The van der Waals surface area contributed by atoms with Gasteiger partial charge in [-0.05, 0) is 57.8 Å². The predicted octanol–water partition coefficient (Wildman–Crippen LogP) is 0.893. The van der Waals surface area contributed by atoms with E-state index in [2.05, 4.69) is 15.2 Å². The van der Waals surface area contributed by atoms with Gasteiger partial charge in [-0.15, -0.1) is 0 Å². The maximum absolute atomic E-state index is 12.7. The molecule has 2 aliphatic rings. The van der Waals surface area contributed by atoms with Crippen LogP contribution in [-0.2, 0) is 4.74 Å². The van der Waals surface area contributed by atoms with Gasteiger partial charge in [0, 0.05) is 5.69 Å². The number of H-pyrrole nitrogens is 1. The van der Waals surface area contributed by atoms with E-state index in [9.17, 15) is 9.59 Å². The van der Waals surface area contributed by atoms with Crippen LogP contribution in [0.25, 0.3) is 0 Å². The lowest BCUT2D eigenvalue weighted by Gasteiger charge is -2.28. The van der Waals surface area contributed by atoms with Crippen molar-refractivity contribution in [1.29, 1.82) is 0 Å². The highest BCUT2D eigenvalue weighted by Gasteiger charge is 2.35. The zero-order valence-corrected chi connectivity index (χ0v) is 14.1. The van der Waals surface area contributed by atoms with Gasteiger partial charge in [0.1, 0.15) is 5.56 Å². The molecule has 6 nitrogen and oxygen atoms in total. The third kappa shape index (κ3) is 3.05. The number of carbonyl (C=O) groups is 1. The van der Waals surface area contributed by atoms with E-state index >= 15 is 0 Å². The SMILES string of the molecule is Cc1[nH]c(=O)c(C(=O)N[C@H]2COC[C@@H]2N2CCCC2)c(C)c1C. The fourth-order valence-electron chi connectivity index (χ4n) is 3.59. The van der Waals surface area contributed by atoms with Gasteiger partial charge in [0.15, 0.2) is 0 Å². The van der Waals surface area contributed by atoms with Crippen molar-refractivity contribution in [2.45, 2.75) is 45.7 Å². The monoisotopic (exact) mass is 319 g/mol. The molecular weight excluding hydrogens is 294 g/mol. The molecule has 2 N–H and O–H groups in total. The number of aromatic nitrogens is 1. The van der Waals surface area contributed by atoms with Crippen molar-refractivity contribution in [3.8, 4) is 0 Å². The van der Waals surface area contributed by atoms with Crippen molar-refractivity contribution >= 4 is 5.91 Å². The van der Waals surface area contributed by atoms with E-state index in [0.717, 1.165) is 29.9 Å². The van der Waals surface area contributed by atoms with E-state index < -0.39 is 0 Å². The Balaban J connectivity index is 1.79. The van der Waals surface area contributed by atoms with Crippen LogP contribution in [0.2, 0.25) is 0 Å². The van der Waals surface area contributed by atoms with Crippen molar-refractivity contribution in [3.05, 3.63) is 32.7 Å². The number of aromatic amines is 1. The average molecular weight is 319 g/mol. The Bertz CT molecular complexity index is 662. The predicted molar refractivity (Wildman–Crippen MR) is 87.9 cm³/mol. The molecule has 23 heavy (non-hydrogen) atoms. The van der Waals surface area contributed by atoms with Gasteiger partial charge < -0.3 is 15.0 Å². The number of hydrogen-bond acceptors (Lipinski definition) is 4. The molecule has 0 radical (unpaired) electrons. The van der Waals surface area contributed by atoms with Crippen LogP contribution >= 0.6 is 0 Å². The third-order valence-corrected chi connectivity index (χ3v) is 5.23. The summed E-state index contributed by atoms with van der Waals surface area (Å²) < 4.78 is 5.58. The van der Waals surface area contributed by atoms with Gasteiger partial charge >= 0.3 is 0 Å². The molecule has 126 valence electrons. The first-order valence-electron chi connectivity index (χ1n) is 8.31. The second kappa shape index (κ2) is 6.45. The second-order valence-corrected chi connectivity index (χ2v) is 6.63. The zero-order valence-electron chi connectivity index (χ0n) is 14.1. The summed E-state index contributed by atoms with van der Waals surface area (Å²) in [5, 5.41) is 3.02. The Morgan fingerprint density at radius 3 is 2.57 bits per heavy atom. The van der Waals surface area contributed by atoms with Crippen LogP contribution in [-0.4, -0.2) is 54.2 Å². The number of likely N-dealkylation sites (tertiary alicyclic amines) is 1. The lowest BCUT2D eigenvalue weighted by Crippen LogP contribution is -2.51. The molecule has 3 rings (SSSR count). The molecule has 0 saturated carbocycles. The summed E-state index contributed by atoms with van der Waals surface area (Å²) in [6.07, 6.45) is 2.40. The summed E-state index contributed by atoms with van der Waals surface area (Å²) in [5.74, 6) is -0.299. The number of aryl methyl sites for hydroxylation is 1. The summed E-state index contributed by atoms with van der Waals surface area (Å²) in [4.78, 5) is 30.0. The molecule has 0 aliphatic carbocycles. The number of nitrogens with one attached hydrogen (secondary N) is 2. The zero-order chi connectivity index (χ0) is 16.6. The number of rotatable bonds is 3. The molecule has 2 saturated heterocycles. The molecule has 0 bridgehead atoms. The number of ether oxygens (including phenoxy) is 1. The quantitative estimate of drug-likeness (QED) is 0.868. The number of carbonyl (C=O) groups excluding carboxylic acids is 1. The number of amides is 1. The molecule has 6 heteroatoms. The van der Waals surface area contributed by atoms with Crippen LogP contribution in [0, 0.1) is 20.8 Å². The van der Waals surface area contributed by atoms with E-state index in [-0.39, 0.29) is 29.1 Å². The first-order chi connectivity index (χ1) is 11.0. The summed E-state index contributed by atoms with van der Waals surface area (Å²) in [6.45, 7) is 8.87. The summed E-state index contributed by atoms with van der Waals surface area (Å²) in [7, 11) is 0. The normalized spacial score (nSPS) is 25.0. The fraction of sp³-hybridized carbons (Fsp3) is 0.647. The van der Waals surface area contributed by atoms with Crippen molar-refractivity contribution in [1.82, 2.24) is 15.2 Å². The van der Waals surface area contributed by atoms with Crippen molar-refractivity contribution < 1.29 is 9.53 Å². The largest absolute Gasteiger partial charge is 0.378 e. The van der Waals surface area contributed by atoms with Gasteiger partial charge in [0.2, 0.25) is 0 Å². The van der Waals surface area contributed by atoms with E-state index in [1.54, 1.807) is 0 Å². The molecule has 0 unspecified atom stereocenters. The third-order valence-electron chi connectivity index (χ3n) is 5.23. The summed E-state index contributed by atoms with van der Waals surface area (Å²) >= 11 is 0. The Morgan fingerprint density at radius 1 is 1.17 bits per heavy atom. The smallest absolute Gasteiger partial charge is 0.261 e. The molecule has 1 aromatic heterocycles. The van der Waals surface area contributed by atoms with Crippen LogP contribution in [0.4, 0.5) is 0 Å². The first-order valence-corrected chi connectivity index (χ1v) is 8.31. The Kier molecular flexibility index (Phi) is 4.55. The maximum Gasteiger partial charge on any atom is 0.261 e. The molecule has 0 aromatic carbocycles. The maximum atomic E-state index is 12.7. The van der Waals surface area contributed by atoms with Crippen LogP contribution < -0.4 is 10.9 Å². The van der Waals surface area contributed by atoms with Gasteiger partial charge in [-0.25, -0.2) is 0 Å². The lowest BCUT2D eigenvalue weighted by molar-refractivity contribution is 0.0914. The number of nitrogens with zero attached hydrogens (tertiary/aromatic N) is 1. The van der Waals surface area contributed by atoms with Gasteiger partial charge in [-0.1, -0.05) is 0 Å². The fourth-order valence-corrected chi connectivity index (χ4v) is 3.59. The highest BCUT2D eigenvalue weighted by atomic mass is 16.5. The molecule has 2 aliphatic heterocycles. The average Bonchev–Trinajstić information content (AvgIpc) is 3.15. The molecule has 3 heterocycles. The standard InChI is InChI=1S/C17H25N3O3/c1-10-11(2)15(16(21)18-12(10)3)17(22)19-13-8-23-9-14(13)20-6-4-5-7-20/h13-14H,4-9H2,1-3H3,(H,18,21)(H,19,22)/t13-,14-/m0/s1. The number of hydrogen-bond donors (Lipinski definition) is 2. The molecule has 1 aromatic rings. The van der Waals surface area contributed by atoms with E-state index in [4.69, 9.17) is 4.74 Å². The lowest BCUT2D eigenvalue weighted by atomic mass is 10.0. The molecule has 1 amide bonds. The Labute approximate surface area is 136 Å². The Morgan fingerprint density at radius 2 is 1.87 bits per heavy atom. The molecule has 2 fully saturated rings. The summed E-state index contributed by atoms with van der Waals surface area (Å²) in [6, 6.07) is 0.161. The summed E-state index contributed by atoms with van der Waals surface area (Å²) in [5.41, 5.74) is 2.41.